The molecule has 1 aromatic carbocycles. The monoisotopic (exact) mass is 385 g/mol. The van der Waals surface area contributed by atoms with Gasteiger partial charge < -0.3 is 10.1 Å². The fourth-order valence-corrected chi connectivity index (χ4v) is 4.38. The van der Waals surface area contributed by atoms with Gasteiger partial charge in [0.1, 0.15) is 0 Å². The van der Waals surface area contributed by atoms with Crippen LogP contribution in [-0.4, -0.2) is 18.5 Å². The highest BCUT2D eigenvalue weighted by Crippen LogP contribution is 2.26. The summed E-state index contributed by atoms with van der Waals surface area (Å²) < 4.78 is 5.20. The maximum absolute atomic E-state index is 12.4. The molecule has 0 radical (unpaired) electrons. The minimum atomic E-state index is -0.464. The highest BCUT2D eigenvalue weighted by atomic mass is 32.1. The maximum Gasteiger partial charge on any atom is 0.339 e. The average molecular weight is 386 g/mol. The molecule has 134 valence electrons. The summed E-state index contributed by atoms with van der Waals surface area (Å²) in [6.45, 7) is 3.51. The minimum absolute atomic E-state index is 0.257. The molecular formula is C20H19NO3S2. The number of benzene rings is 1. The summed E-state index contributed by atoms with van der Waals surface area (Å²) >= 11 is 3.11. The fourth-order valence-electron chi connectivity index (χ4n) is 2.66. The van der Waals surface area contributed by atoms with Gasteiger partial charge in [-0.1, -0.05) is 36.4 Å². The molecule has 1 amide bonds. The quantitative estimate of drug-likeness (QED) is 0.636. The number of carbonyl (C=O) groups is 2. The van der Waals surface area contributed by atoms with E-state index in [1.54, 1.807) is 17.4 Å². The molecule has 2 heterocycles. The van der Waals surface area contributed by atoms with E-state index >= 15 is 0 Å². The van der Waals surface area contributed by atoms with Crippen molar-refractivity contribution < 1.29 is 14.3 Å². The van der Waals surface area contributed by atoms with Crippen LogP contribution in [0.5, 0.6) is 0 Å². The van der Waals surface area contributed by atoms with E-state index < -0.39 is 5.97 Å². The van der Waals surface area contributed by atoms with Crippen LogP contribution in [-0.2, 0) is 9.53 Å². The van der Waals surface area contributed by atoms with E-state index in [4.69, 9.17) is 4.74 Å². The number of rotatable bonds is 6. The van der Waals surface area contributed by atoms with E-state index in [0.717, 1.165) is 20.2 Å². The van der Waals surface area contributed by atoms with Gasteiger partial charge in [-0.3, -0.25) is 4.79 Å². The lowest BCUT2D eigenvalue weighted by Crippen LogP contribution is -2.32. The molecule has 26 heavy (non-hydrogen) atoms. The predicted molar refractivity (Wildman–Crippen MR) is 105 cm³/mol. The number of hydrogen-bond acceptors (Lipinski definition) is 5. The lowest BCUT2D eigenvalue weighted by Gasteiger charge is -2.18. The first kappa shape index (κ1) is 18.4. The summed E-state index contributed by atoms with van der Waals surface area (Å²) in [4.78, 5) is 27.5. The van der Waals surface area contributed by atoms with E-state index in [9.17, 15) is 9.59 Å². The number of carbonyl (C=O) groups excluding carboxylic acids is 2. The molecule has 0 spiro atoms. The lowest BCUT2D eigenvalue weighted by molar-refractivity contribution is -0.124. The molecule has 0 fully saturated rings. The molecule has 0 aliphatic heterocycles. The van der Waals surface area contributed by atoms with Crippen LogP contribution in [0.2, 0.25) is 0 Å². The molecule has 0 aliphatic rings. The molecule has 6 heteroatoms. The van der Waals surface area contributed by atoms with Crippen molar-refractivity contribution in [2.45, 2.75) is 19.9 Å². The van der Waals surface area contributed by atoms with Crippen molar-refractivity contribution in [2.75, 3.05) is 6.61 Å². The molecule has 0 aliphatic carbocycles. The van der Waals surface area contributed by atoms with Gasteiger partial charge in [0.25, 0.3) is 5.91 Å². The SMILES string of the molecule is Cc1cc(C(=O)OCC(=O)N[C@@H](c2ccccc2)c2cccs2)c(C)s1. The van der Waals surface area contributed by atoms with E-state index in [1.165, 1.54) is 11.3 Å². The Bertz CT molecular complexity index is 885. The van der Waals surface area contributed by atoms with Crippen LogP contribution in [0.4, 0.5) is 0 Å². The summed E-state index contributed by atoms with van der Waals surface area (Å²) in [6.07, 6.45) is 0. The fraction of sp³-hybridized carbons (Fsp3) is 0.200. The Kier molecular flexibility index (Phi) is 5.85. The summed E-state index contributed by atoms with van der Waals surface area (Å²) in [7, 11) is 0. The molecule has 3 aromatic rings. The number of ether oxygens (including phenoxy) is 1. The summed E-state index contributed by atoms with van der Waals surface area (Å²) in [5, 5.41) is 4.93. The van der Waals surface area contributed by atoms with Gasteiger partial charge in [-0.2, -0.15) is 0 Å². The van der Waals surface area contributed by atoms with Gasteiger partial charge in [0.2, 0.25) is 0 Å². The van der Waals surface area contributed by atoms with E-state index in [-0.39, 0.29) is 18.6 Å². The van der Waals surface area contributed by atoms with E-state index in [2.05, 4.69) is 5.32 Å². The summed E-state index contributed by atoms with van der Waals surface area (Å²) in [5.74, 6) is -0.792. The van der Waals surface area contributed by atoms with E-state index in [1.807, 2.05) is 61.7 Å². The summed E-state index contributed by atoms with van der Waals surface area (Å²) in [6, 6.07) is 15.2. The molecule has 0 bridgehead atoms. The van der Waals surface area contributed by atoms with Crippen molar-refractivity contribution >= 4 is 34.6 Å². The zero-order valence-corrected chi connectivity index (χ0v) is 16.2. The van der Waals surface area contributed by atoms with Crippen molar-refractivity contribution in [3.05, 3.63) is 79.7 Å². The van der Waals surface area contributed by atoms with Crippen LogP contribution >= 0.6 is 22.7 Å². The van der Waals surface area contributed by atoms with Crippen molar-refractivity contribution in [3.63, 3.8) is 0 Å². The van der Waals surface area contributed by atoms with Gasteiger partial charge in [0, 0.05) is 14.6 Å². The zero-order chi connectivity index (χ0) is 18.5. The number of thiophene rings is 2. The Labute approximate surface area is 160 Å². The molecule has 2 aromatic heterocycles. The first-order valence-corrected chi connectivity index (χ1v) is 9.86. The number of hydrogen-bond donors (Lipinski definition) is 1. The largest absolute Gasteiger partial charge is 0.452 e. The standard InChI is InChI=1S/C20H19NO3S2/c1-13-11-16(14(2)26-13)20(23)24-12-18(22)21-19(17-9-6-10-25-17)15-7-4-3-5-8-15/h3-11,19H,12H2,1-2H3,(H,21,22)/t19-/m0/s1. The third-order valence-electron chi connectivity index (χ3n) is 3.86. The molecule has 1 atom stereocenters. The molecule has 3 rings (SSSR count). The Hall–Kier alpha value is -2.44. The Balaban J connectivity index is 1.65. The normalized spacial score (nSPS) is 11.8. The van der Waals surface area contributed by atoms with Gasteiger partial charge in [0.15, 0.2) is 6.61 Å². The zero-order valence-electron chi connectivity index (χ0n) is 14.5. The Morgan fingerprint density at radius 2 is 1.88 bits per heavy atom. The van der Waals surface area contributed by atoms with Gasteiger partial charge in [-0.25, -0.2) is 4.79 Å². The molecule has 1 N–H and O–H groups in total. The molecule has 0 unspecified atom stereocenters. The third kappa shape index (κ3) is 4.39. The van der Waals surface area contributed by atoms with Crippen LogP contribution in [0.1, 0.15) is 36.6 Å². The van der Waals surface area contributed by atoms with Gasteiger partial charge in [0.05, 0.1) is 11.6 Å². The second-order valence-electron chi connectivity index (χ2n) is 5.83. The highest BCUT2D eigenvalue weighted by molar-refractivity contribution is 7.12. The van der Waals surface area contributed by atoms with Crippen LogP contribution in [0.15, 0.2) is 53.9 Å². The lowest BCUT2D eigenvalue weighted by atomic mass is 10.1. The third-order valence-corrected chi connectivity index (χ3v) is 5.76. The number of esters is 1. The van der Waals surface area contributed by atoms with E-state index in [0.29, 0.717) is 5.56 Å². The maximum atomic E-state index is 12.4. The molecule has 4 nitrogen and oxygen atoms in total. The van der Waals surface area contributed by atoms with Crippen molar-refractivity contribution in [1.29, 1.82) is 0 Å². The number of nitrogens with one attached hydrogen (secondary N) is 1. The van der Waals surface area contributed by atoms with Crippen LogP contribution in [0.25, 0.3) is 0 Å². The minimum Gasteiger partial charge on any atom is -0.452 e. The Morgan fingerprint density at radius 1 is 1.12 bits per heavy atom. The smallest absolute Gasteiger partial charge is 0.339 e. The van der Waals surface area contributed by atoms with Crippen molar-refractivity contribution in [3.8, 4) is 0 Å². The Morgan fingerprint density at radius 3 is 2.50 bits per heavy atom. The second-order valence-corrected chi connectivity index (χ2v) is 8.27. The van der Waals surface area contributed by atoms with Crippen LogP contribution in [0, 0.1) is 13.8 Å². The second kappa shape index (κ2) is 8.29. The molecular weight excluding hydrogens is 366 g/mol. The summed E-state index contributed by atoms with van der Waals surface area (Å²) in [5.41, 5.74) is 1.51. The first-order chi connectivity index (χ1) is 12.5. The molecule has 0 saturated heterocycles. The topological polar surface area (TPSA) is 55.4 Å². The van der Waals surface area contributed by atoms with Crippen LogP contribution < -0.4 is 5.32 Å². The van der Waals surface area contributed by atoms with Crippen molar-refractivity contribution in [2.24, 2.45) is 0 Å². The predicted octanol–water partition coefficient (Wildman–Crippen LogP) is 4.49. The van der Waals surface area contributed by atoms with Gasteiger partial charge >= 0.3 is 5.97 Å². The van der Waals surface area contributed by atoms with Gasteiger partial charge in [-0.05, 0) is 36.9 Å². The number of amides is 1. The highest BCUT2D eigenvalue weighted by Gasteiger charge is 2.20. The number of aryl methyl sites for hydroxylation is 2. The average Bonchev–Trinajstić information content (AvgIpc) is 3.28. The molecule has 0 saturated carbocycles. The van der Waals surface area contributed by atoms with Gasteiger partial charge in [-0.15, -0.1) is 22.7 Å². The first-order valence-electron chi connectivity index (χ1n) is 8.16. The van der Waals surface area contributed by atoms with Crippen molar-refractivity contribution in [1.82, 2.24) is 5.32 Å². The van der Waals surface area contributed by atoms with Crippen LogP contribution in [0.3, 0.4) is 0 Å².